The second kappa shape index (κ2) is 6.35. The van der Waals surface area contributed by atoms with Gasteiger partial charge in [-0.3, -0.25) is 4.79 Å². The summed E-state index contributed by atoms with van der Waals surface area (Å²) in [5.41, 5.74) is 7.09. The first kappa shape index (κ1) is 15.0. The summed E-state index contributed by atoms with van der Waals surface area (Å²) in [4.78, 5) is 16.3. The lowest BCUT2D eigenvalue weighted by Gasteiger charge is -2.13. The van der Waals surface area contributed by atoms with Crippen molar-refractivity contribution in [2.75, 3.05) is 0 Å². The number of rotatable bonds is 4. The zero-order chi connectivity index (χ0) is 14.7. The Balaban J connectivity index is 2.07. The molecule has 3 N–H and O–H groups in total. The first-order chi connectivity index (χ1) is 9.47. The molecule has 0 aliphatic rings. The van der Waals surface area contributed by atoms with Crippen molar-refractivity contribution >= 4 is 28.8 Å². The van der Waals surface area contributed by atoms with E-state index in [-0.39, 0.29) is 18.0 Å². The smallest absolute Gasteiger partial charge is 0.271 e. The van der Waals surface area contributed by atoms with Gasteiger partial charge in [0.2, 0.25) is 0 Å². The SMILES string of the molecule is CC(N)c1nc(C(=O)N[C@H](C)c2cccc(Cl)c2)cs1. The fraction of sp³-hybridized carbons (Fsp3) is 0.286. The van der Waals surface area contributed by atoms with Gasteiger partial charge in [0.25, 0.3) is 5.91 Å². The number of nitrogens with two attached hydrogens (primary N) is 1. The van der Waals surface area contributed by atoms with Gasteiger partial charge in [0, 0.05) is 10.4 Å². The number of hydrogen-bond donors (Lipinski definition) is 2. The summed E-state index contributed by atoms with van der Waals surface area (Å²) >= 11 is 7.34. The highest BCUT2D eigenvalue weighted by Gasteiger charge is 2.15. The predicted molar refractivity (Wildman–Crippen MR) is 82.0 cm³/mol. The van der Waals surface area contributed by atoms with Crippen LogP contribution in [-0.2, 0) is 0 Å². The molecule has 0 saturated carbocycles. The average Bonchev–Trinajstić information content (AvgIpc) is 2.88. The minimum Gasteiger partial charge on any atom is -0.344 e. The lowest BCUT2D eigenvalue weighted by atomic mass is 10.1. The van der Waals surface area contributed by atoms with Crippen LogP contribution in [-0.4, -0.2) is 10.9 Å². The molecule has 106 valence electrons. The van der Waals surface area contributed by atoms with E-state index in [0.29, 0.717) is 10.7 Å². The molecule has 0 radical (unpaired) electrons. The molecular weight excluding hydrogens is 294 g/mol. The molecule has 2 aromatic rings. The Morgan fingerprint density at radius 2 is 2.20 bits per heavy atom. The van der Waals surface area contributed by atoms with Gasteiger partial charge in [-0.05, 0) is 31.5 Å². The summed E-state index contributed by atoms with van der Waals surface area (Å²) in [6, 6.07) is 7.12. The number of nitrogens with zero attached hydrogens (tertiary/aromatic N) is 1. The molecule has 20 heavy (non-hydrogen) atoms. The van der Waals surface area contributed by atoms with Crippen molar-refractivity contribution in [2.45, 2.75) is 25.9 Å². The Bertz CT molecular complexity index is 612. The van der Waals surface area contributed by atoms with Crippen molar-refractivity contribution in [2.24, 2.45) is 5.73 Å². The van der Waals surface area contributed by atoms with Crippen LogP contribution in [0.5, 0.6) is 0 Å². The standard InChI is InChI=1S/C14H16ClN3OS/c1-8(16)14-18-12(7-20-14)13(19)17-9(2)10-4-3-5-11(15)6-10/h3-9H,16H2,1-2H3,(H,17,19)/t8?,9-/m1/s1. The molecule has 0 spiro atoms. The number of nitrogens with one attached hydrogen (secondary N) is 1. The Kier molecular flexibility index (Phi) is 4.75. The number of benzene rings is 1. The van der Waals surface area contributed by atoms with Gasteiger partial charge in [-0.25, -0.2) is 4.98 Å². The summed E-state index contributed by atoms with van der Waals surface area (Å²) in [7, 11) is 0. The van der Waals surface area contributed by atoms with Crippen LogP contribution in [0, 0.1) is 0 Å². The number of carbonyl (C=O) groups excluding carboxylic acids is 1. The fourth-order valence-electron chi connectivity index (χ4n) is 1.73. The lowest BCUT2D eigenvalue weighted by Crippen LogP contribution is -2.27. The summed E-state index contributed by atoms with van der Waals surface area (Å²) in [5, 5.41) is 6.02. The summed E-state index contributed by atoms with van der Waals surface area (Å²) < 4.78 is 0. The van der Waals surface area contributed by atoms with E-state index in [2.05, 4.69) is 10.3 Å². The molecule has 4 nitrogen and oxygen atoms in total. The van der Waals surface area contributed by atoms with Crippen molar-refractivity contribution in [1.82, 2.24) is 10.3 Å². The van der Waals surface area contributed by atoms with Crippen LogP contribution in [0.2, 0.25) is 5.02 Å². The summed E-state index contributed by atoms with van der Waals surface area (Å²) in [5.74, 6) is -0.208. The van der Waals surface area contributed by atoms with E-state index in [1.807, 2.05) is 32.0 Å². The number of hydrogen-bond acceptors (Lipinski definition) is 4. The van der Waals surface area contributed by atoms with Gasteiger partial charge in [-0.15, -0.1) is 11.3 Å². The molecule has 1 unspecified atom stereocenters. The minimum atomic E-state index is -0.208. The number of halogens is 1. The zero-order valence-electron chi connectivity index (χ0n) is 11.3. The van der Waals surface area contributed by atoms with E-state index in [0.717, 1.165) is 10.6 Å². The third kappa shape index (κ3) is 3.56. The topological polar surface area (TPSA) is 68.0 Å². The second-order valence-electron chi connectivity index (χ2n) is 4.61. The average molecular weight is 310 g/mol. The minimum absolute atomic E-state index is 0.137. The van der Waals surface area contributed by atoms with Crippen molar-refractivity contribution in [3.8, 4) is 0 Å². The number of carbonyl (C=O) groups is 1. The maximum absolute atomic E-state index is 12.1. The van der Waals surface area contributed by atoms with Gasteiger partial charge in [-0.1, -0.05) is 23.7 Å². The lowest BCUT2D eigenvalue weighted by molar-refractivity contribution is 0.0935. The van der Waals surface area contributed by atoms with E-state index in [1.165, 1.54) is 11.3 Å². The molecule has 0 fully saturated rings. The maximum Gasteiger partial charge on any atom is 0.271 e. The third-order valence-corrected chi connectivity index (χ3v) is 4.12. The van der Waals surface area contributed by atoms with E-state index in [9.17, 15) is 4.79 Å². The molecule has 2 rings (SSSR count). The first-order valence-corrected chi connectivity index (χ1v) is 7.50. The van der Waals surface area contributed by atoms with Gasteiger partial charge in [-0.2, -0.15) is 0 Å². The van der Waals surface area contributed by atoms with Crippen LogP contribution in [0.1, 0.15) is 47.0 Å². The first-order valence-electron chi connectivity index (χ1n) is 6.24. The summed E-state index contributed by atoms with van der Waals surface area (Å²) in [6.07, 6.45) is 0. The molecule has 6 heteroatoms. The van der Waals surface area contributed by atoms with E-state index < -0.39 is 0 Å². The molecular formula is C14H16ClN3OS. The normalized spacial score (nSPS) is 13.8. The van der Waals surface area contributed by atoms with Gasteiger partial charge >= 0.3 is 0 Å². The van der Waals surface area contributed by atoms with Crippen LogP contribution < -0.4 is 11.1 Å². The molecule has 2 atom stereocenters. The van der Waals surface area contributed by atoms with Crippen molar-refractivity contribution in [3.05, 3.63) is 50.9 Å². The van der Waals surface area contributed by atoms with E-state index in [1.54, 1.807) is 11.4 Å². The number of amides is 1. The van der Waals surface area contributed by atoms with Crippen LogP contribution in [0.3, 0.4) is 0 Å². The Hall–Kier alpha value is -1.43. The highest BCUT2D eigenvalue weighted by Crippen LogP contribution is 2.19. The quantitative estimate of drug-likeness (QED) is 0.910. The van der Waals surface area contributed by atoms with Gasteiger partial charge in [0.1, 0.15) is 10.7 Å². The monoisotopic (exact) mass is 309 g/mol. The van der Waals surface area contributed by atoms with Crippen molar-refractivity contribution in [1.29, 1.82) is 0 Å². The molecule has 0 aliphatic carbocycles. The highest BCUT2D eigenvalue weighted by molar-refractivity contribution is 7.09. The Morgan fingerprint density at radius 3 is 2.80 bits per heavy atom. The van der Waals surface area contributed by atoms with Gasteiger partial charge in [0.15, 0.2) is 0 Å². The Labute approximate surface area is 127 Å². The van der Waals surface area contributed by atoms with Crippen LogP contribution in [0.4, 0.5) is 0 Å². The van der Waals surface area contributed by atoms with Crippen LogP contribution in [0.15, 0.2) is 29.6 Å². The van der Waals surface area contributed by atoms with Crippen molar-refractivity contribution in [3.63, 3.8) is 0 Å². The molecule has 1 aromatic carbocycles. The molecule has 0 saturated heterocycles. The maximum atomic E-state index is 12.1. The largest absolute Gasteiger partial charge is 0.344 e. The van der Waals surface area contributed by atoms with Crippen LogP contribution in [0.25, 0.3) is 0 Å². The predicted octanol–water partition coefficient (Wildman–Crippen LogP) is 3.31. The second-order valence-corrected chi connectivity index (χ2v) is 5.94. The number of thiazole rings is 1. The van der Waals surface area contributed by atoms with Gasteiger partial charge in [0.05, 0.1) is 12.1 Å². The Morgan fingerprint density at radius 1 is 1.45 bits per heavy atom. The zero-order valence-corrected chi connectivity index (χ0v) is 12.8. The molecule has 1 amide bonds. The van der Waals surface area contributed by atoms with Gasteiger partial charge < -0.3 is 11.1 Å². The highest BCUT2D eigenvalue weighted by atomic mass is 35.5. The molecule has 0 bridgehead atoms. The molecule has 0 aliphatic heterocycles. The fourth-order valence-corrected chi connectivity index (χ4v) is 2.69. The molecule has 1 heterocycles. The van der Waals surface area contributed by atoms with E-state index in [4.69, 9.17) is 17.3 Å². The third-order valence-electron chi connectivity index (χ3n) is 2.84. The van der Waals surface area contributed by atoms with E-state index >= 15 is 0 Å². The van der Waals surface area contributed by atoms with Crippen LogP contribution >= 0.6 is 22.9 Å². The number of aromatic nitrogens is 1. The molecule has 1 aromatic heterocycles. The van der Waals surface area contributed by atoms with Crippen molar-refractivity contribution < 1.29 is 4.79 Å². The summed E-state index contributed by atoms with van der Waals surface area (Å²) in [6.45, 7) is 3.75.